The lowest BCUT2D eigenvalue weighted by Crippen LogP contribution is -2.08. The summed E-state index contributed by atoms with van der Waals surface area (Å²) in [5, 5.41) is 20.5. The minimum absolute atomic E-state index is 0.0629. The van der Waals surface area contributed by atoms with Crippen molar-refractivity contribution in [3.63, 3.8) is 0 Å². The molecule has 0 fully saturated rings. The molecule has 1 heterocycles. The number of nitro groups is 1. The number of nitro benzene ring substituents is 1. The first-order valence-corrected chi connectivity index (χ1v) is 5.86. The van der Waals surface area contributed by atoms with Gasteiger partial charge < -0.3 is 15.8 Å². The molecule has 0 bridgehead atoms. The van der Waals surface area contributed by atoms with Gasteiger partial charge in [-0.3, -0.25) is 10.1 Å². The minimum atomic E-state index is -0.437. The van der Waals surface area contributed by atoms with E-state index in [1.54, 1.807) is 12.1 Å². The lowest BCUT2D eigenvalue weighted by Gasteiger charge is -2.06. The first-order valence-electron chi connectivity index (χ1n) is 5.86. The quantitative estimate of drug-likeness (QED) is 0.442. The van der Waals surface area contributed by atoms with E-state index < -0.39 is 4.92 Å². The molecule has 0 spiro atoms. The molecule has 1 aromatic heterocycles. The molecule has 0 atom stereocenters. The summed E-state index contributed by atoms with van der Waals surface area (Å²) in [5.41, 5.74) is 6.29. The smallest absolute Gasteiger partial charge is 0.300 e. The van der Waals surface area contributed by atoms with Crippen molar-refractivity contribution in [1.29, 1.82) is 0 Å². The average molecular weight is 279 g/mol. The third kappa shape index (κ3) is 3.57. The lowest BCUT2D eigenvalue weighted by molar-refractivity contribution is -0.384. The van der Waals surface area contributed by atoms with Crippen LogP contribution >= 0.6 is 0 Å². The Morgan fingerprint density at radius 1 is 1.35 bits per heavy atom. The summed E-state index contributed by atoms with van der Waals surface area (Å²) in [4.78, 5) is 10.1. The van der Waals surface area contributed by atoms with Crippen molar-refractivity contribution in [3.05, 3.63) is 34.4 Å². The predicted molar refractivity (Wildman–Crippen MR) is 70.4 cm³/mol. The topological polar surface area (TPSA) is 129 Å². The number of benzene rings is 1. The van der Waals surface area contributed by atoms with Crippen LogP contribution in [0, 0.1) is 10.1 Å². The van der Waals surface area contributed by atoms with E-state index in [1.807, 2.05) is 0 Å². The molecule has 9 nitrogen and oxygen atoms in total. The van der Waals surface area contributed by atoms with E-state index in [9.17, 15) is 10.1 Å². The summed E-state index contributed by atoms with van der Waals surface area (Å²) in [7, 11) is 0. The second-order valence-electron chi connectivity index (χ2n) is 3.89. The molecule has 1 aromatic carbocycles. The second kappa shape index (κ2) is 6.36. The largest absolute Gasteiger partial charge is 0.473 e. The maximum absolute atomic E-state index is 10.5. The van der Waals surface area contributed by atoms with Gasteiger partial charge in [0.05, 0.1) is 11.5 Å². The highest BCUT2D eigenvalue weighted by Crippen LogP contribution is 2.16. The van der Waals surface area contributed by atoms with Crippen LogP contribution in [0.15, 0.2) is 28.9 Å². The second-order valence-corrected chi connectivity index (χ2v) is 3.89. The molecular formula is C11H13N5O4. The molecule has 0 saturated carbocycles. The third-order valence-corrected chi connectivity index (χ3v) is 2.45. The van der Waals surface area contributed by atoms with Crippen molar-refractivity contribution in [2.24, 2.45) is 0 Å². The maximum Gasteiger partial charge on any atom is 0.300 e. The summed E-state index contributed by atoms with van der Waals surface area (Å²) < 4.78 is 9.63. The van der Waals surface area contributed by atoms with Crippen LogP contribution in [0.2, 0.25) is 0 Å². The monoisotopic (exact) mass is 279 g/mol. The first kappa shape index (κ1) is 13.6. The highest BCUT2D eigenvalue weighted by molar-refractivity contribution is 5.48. The Bertz CT molecular complexity index is 568. The van der Waals surface area contributed by atoms with Gasteiger partial charge in [0.25, 0.3) is 11.6 Å². The van der Waals surface area contributed by atoms with Crippen LogP contribution < -0.4 is 15.8 Å². The molecule has 0 radical (unpaired) electrons. The summed E-state index contributed by atoms with van der Waals surface area (Å²) in [5.74, 6) is 0.300. The number of nitrogens with one attached hydrogen (secondary N) is 1. The fraction of sp³-hybridized carbons (Fsp3) is 0.273. The van der Waals surface area contributed by atoms with E-state index >= 15 is 0 Å². The molecule has 2 aromatic rings. The number of anilines is 2. The molecule has 20 heavy (non-hydrogen) atoms. The third-order valence-electron chi connectivity index (χ3n) is 2.45. The van der Waals surface area contributed by atoms with Crippen molar-refractivity contribution in [2.45, 2.75) is 6.42 Å². The van der Waals surface area contributed by atoms with Crippen molar-refractivity contribution in [1.82, 2.24) is 10.3 Å². The lowest BCUT2D eigenvalue weighted by atomic mass is 10.3. The van der Waals surface area contributed by atoms with Gasteiger partial charge in [0, 0.05) is 24.4 Å². The number of aromatic nitrogens is 2. The fourth-order valence-corrected chi connectivity index (χ4v) is 1.46. The Kier molecular flexibility index (Phi) is 4.32. The van der Waals surface area contributed by atoms with Crippen molar-refractivity contribution < 1.29 is 14.3 Å². The summed E-state index contributed by atoms with van der Waals surface area (Å²) >= 11 is 0. The van der Waals surface area contributed by atoms with Gasteiger partial charge in [-0.05, 0) is 28.9 Å². The number of ether oxygens (including phenoxy) is 1. The van der Waals surface area contributed by atoms with Gasteiger partial charge in [0.1, 0.15) is 0 Å². The van der Waals surface area contributed by atoms with Crippen LogP contribution in [0.1, 0.15) is 6.42 Å². The summed E-state index contributed by atoms with van der Waals surface area (Å²) in [6, 6.07) is 6.19. The predicted octanol–water partition coefficient (Wildman–Crippen LogP) is 1.44. The van der Waals surface area contributed by atoms with Crippen molar-refractivity contribution in [2.75, 3.05) is 24.2 Å². The molecule has 0 amide bonds. The SMILES string of the molecule is Nc1nonc1OCCCNc1ccc([N+](=O)[O-])cc1. The van der Waals surface area contributed by atoms with E-state index in [0.717, 1.165) is 5.69 Å². The molecule has 0 aliphatic rings. The van der Waals surface area contributed by atoms with Crippen LogP contribution in [-0.2, 0) is 0 Å². The van der Waals surface area contributed by atoms with Gasteiger partial charge >= 0.3 is 0 Å². The Hall–Kier alpha value is -2.84. The number of rotatable bonds is 7. The van der Waals surface area contributed by atoms with Crippen LogP contribution in [-0.4, -0.2) is 28.4 Å². The maximum atomic E-state index is 10.5. The highest BCUT2D eigenvalue weighted by Gasteiger charge is 2.06. The van der Waals surface area contributed by atoms with Gasteiger partial charge in [0.2, 0.25) is 5.82 Å². The molecule has 0 aliphatic carbocycles. The summed E-state index contributed by atoms with van der Waals surface area (Å²) in [6.07, 6.45) is 0.698. The average Bonchev–Trinajstić information content (AvgIpc) is 2.84. The molecular weight excluding hydrogens is 266 g/mol. The van der Waals surface area contributed by atoms with E-state index in [1.165, 1.54) is 12.1 Å². The zero-order valence-electron chi connectivity index (χ0n) is 10.5. The number of nitrogens with two attached hydrogens (primary N) is 1. The molecule has 106 valence electrons. The van der Waals surface area contributed by atoms with E-state index in [2.05, 4.69) is 20.3 Å². The molecule has 0 unspecified atom stereocenters. The van der Waals surface area contributed by atoms with Gasteiger partial charge in [-0.1, -0.05) is 0 Å². The Morgan fingerprint density at radius 3 is 2.70 bits per heavy atom. The molecule has 3 N–H and O–H groups in total. The standard InChI is InChI=1S/C11H13N5O4/c12-10-11(15-20-14-10)19-7-1-6-13-8-2-4-9(5-3-8)16(17)18/h2-5,13H,1,6-7H2,(H2,12,14). The first-order chi connectivity index (χ1) is 9.66. The summed E-state index contributed by atoms with van der Waals surface area (Å²) in [6.45, 7) is 1.04. The zero-order chi connectivity index (χ0) is 14.4. The van der Waals surface area contributed by atoms with Crippen LogP contribution in [0.25, 0.3) is 0 Å². The van der Waals surface area contributed by atoms with Crippen LogP contribution in [0.5, 0.6) is 5.88 Å². The molecule has 0 aliphatic heterocycles. The molecule has 9 heteroatoms. The van der Waals surface area contributed by atoms with Gasteiger partial charge in [-0.25, -0.2) is 4.63 Å². The Balaban J connectivity index is 1.68. The van der Waals surface area contributed by atoms with Gasteiger partial charge in [-0.15, -0.1) is 0 Å². The number of non-ortho nitro benzene ring substituents is 1. The normalized spacial score (nSPS) is 10.2. The Labute approximate surface area is 113 Å². The van der Waals surface area contributed by atoms with Crippen LogP contribution in [0.4, 0.5) is 17.2 Å². The van der Waals surface area contributed by atoms with Crippen molar-refractivity contribution >= 4 is 17.2 Å². The number of nitrogen functional groups attached to an aromatic ring is 1. The van der Waals surface area contributed by atoms with E-state index in [-0.39, 0.29) is 17.4 Å². The number of hydrogen-bond donors (Lipinski definition) is 2. The van der Waals surface area contributed by atoms with Gasteiger partial charge in [0.15, 0.2) is 0 Å². The van der Waals surface area contributed by atoms with Crippen molar-refractivity contribution in [3.8, 4) is 5.88 Å². The molecule has 2 rings (SSSR count). The fourth-order valence-electron chi connectivity index (χ4n) is 1.46. The van der Waals surface area contributed by atoms with Crippen LogP contribution in [0.3, 0.4) is 0 Å². The number of hydrogen-bond acceptors (Lipinski definition) is 8. The van der Waals surface area contributed by atoms with E-state index in [0.29, 0.717) is 19.6 Å². The number of nitrogens with zero attached hydrogens (tertiary/aromatic N) is 3. The Morgan fingerprint density at radius 2 is 2.10 bits per heavy atom. The zero-order valence-corrected chi connectivity index (χ0v) is 10.5. The highest BCUT2D eigenvalue weighted by atomic mass is 16.6. The van der Waals surface area contributed by atoms with Gasteiger partial charge in [-0.2, -0.15) is 0 Å². The minimum Gasteiger partial charge on any atom is -0.473 e. The molecule has 0 saturated heterocycles. The van der Waals surface area contributed by atoms with E-state index in [4.69, 9.17) is 10.5 Å².